The van der Waals surface area contributed by atoms with E-state index in [-0.39, 0.29) is 17.6 Å². The fraction of sp³-hybridized carbons (Fsp3) is 0.533. The molecule has 1 unspecified atom stereocenters. The van der Waals surface area contributed by atoms with Crippen LogP contribution >= 0.6 is 0 Å². The molecule has 1 fully saturated rings. The van der Waals surface area contributed by atoms with Gasteiger partial charge in [-0.2, -0.15) is 0 Å². The molecule has 4 nitrogen and oxygen atoms in total. The predicted octanol–water partition coefficient (Wildman–Crippen LogP) is 1.63. The molecule has 1 atom stereocenters. The lowest BCUT2D eigenvalue weighted by Crippen LogP contribution is -2.58. The predicted molar refractivity (Wildman–Crippen MR) is 71.2 cm³/mol. The minimum atomic E-state index is -0.380. The molecule has 0 spiro atoms. The fourth-order valence-corrected chi connectivity index (χ4v) is 2.76. The largest absolute Gasteiger partial charge is 0.480 e. The quantitative estimate of drug-likeness (QED) is 0.771. The van der Waals surface area contributed by atoms with E-state index in [4.69, 9.17) is 9.47 Å². The minimum Gasteiger partial charge on any atom is -0.480 e. The second-order valence-corrected chi connectivity index (χ2v) is 5.77. The number of morpholine rings is 1. The van der Waals surface area contributed by atoms with Crippen LogP contribution < -0.4 is 4.74 Å². The third kappa shape index (κ3) is 2.21. The number of amides is 1. The Bertz CT molecular complexity index is 473. The molecule has 0 saturated carbocycles. The summed E-state index contributed by atoms with van der Waals surface area (Å²) in [6, 6.07) is 7.86. The van der Waals surface area contributed by atoms with Gasteiger partial charge in [-0.3, -0.25) is 4.79 Å². The first-order chi connectivity index (χ1) is 9.08. The third-order valence-electron chi connectivity index (χ3n) is 3.83. The van der Waals surface area contributed by atoms with Crippen LogP contribution in [-0.2, 0) is 16.0 Å². The Balaban J connectivity index is 1.76. The minimum absolute atomic E-state index is 0.0736. The summed E-state index contributed by atoms with van der Waals surface area (Å²) in [5.41, 5.74) is 0.861. The number of hydrogen-bond donors (Lipinski definition) is 0. The standard InChI is InChI=1S/C15H19NO3/c1-15(2)10-18-8-7-16(15)14(17)13-9-11-5-3-4-6-12(11)19-13/h3-6,13H,7-10H2,1-2H3. The Morgan fingerprint density at radius 1 is 1.37 bits per heavy atom. The highest BCUT2D eigenvalue weighted by Gasteiger charge is 2.40. The first kappa shape index (κ1) is 12.5. The molecule has 2 aliphatic heterocycles. The number of hydrogen-bond acceptors (Lipinski definition) is 3. The highest BCUT2D eigenvalue weighted by molar-refractivity contribution is 5.83. The molecular weight excluding hydrogens is 242 g/mol. The number of carbonyl (C=O) groups is 1. The van der Waals surface area contributed by atoms with Crippen LogP contribution in [0.3, 0.4) is 0 Å². The smallest absolute Gasteiger partial charge is 0.264 e. The summed E-state index contributed by atoms with van der Waals surface area (Å²) in [6.07, 6.45) is 0.289. The maximum atomic E-state index is 12.6. The van der Waals surface area contributed by atoms with Crippen molar-refractivity contribution >= 4 is 5.91 Å². The molecule has 1 saturated heterocycles. The van der Waals surface area contributed by atoms with Crippen molar-refractivity contribution in [2.75, 3.05) is 19.8 Å². The summed E-state index contributed by atoms with van der Waals surface area (Å²) in [7, 11) is 0. The zero-order valence-corrected chi connectivity index (χ0v) is 11.4. The first-order valence-corrected chi connectivity index (χ1v) is 6.72. The van der Waals surface area contributed by atoms with Crippen molar-refractivity contribution < 1.29 is 14.3 Å². The Kier molecular flexibility index (Phi) is 2.97. The molecule has 102 valence electrons. The fourth-order valence-electron chi connectivity index (χ4n) is 2.76. The van der Waals surface area contributed by atoms with Crippen LogP contribution in [-0.4, -0.2) is 42.2 Å². The lowest BCUT2D eigenvalue weighted by molar-refractivity contribution is -0.153. The summed E-state index contributed by atoms with van der Waals surface area (Å²) in [4.78, 5) is 14.5. The topological polar surface area (TPSA) is 38.8 Å². The number of benzene rings is 1. The van der Waals surface area contributed by atoms with Crippen LogP contribution in [0.1, 0.15) is 19.4 Å². The molecule has 1 aromatic rings. The van der Waals surface area contributed by atoms with Crippen LogP contribution in [0.15, 0.2) is 24.3 Å². The van der Waals surface area contributed by atoms with Crippen molar-refractivity contribution in [3.63, 3.8) is 0 Å². The number of para-hydroxylation sites is 1. The normalized spacial score (nSPS) is 24.7. The molecular formula is C15H19NO3. The van der Waals surface area contributed by atoms with Gasteiger partial charge in [0, 0.05) is 13.0 Å². The number of rotatable bonds is 1. The third-order valence-corrected chi connectivity index (χ3v) is 3.83. The van der Waals surface area contributed by atoms with Crippen molar-refractivity contribution in [1.29, 1.82) is 0 Å². The van der Waals surface area contributed by atoms with Gasteiger partial charge in [0.2, 0.25) is 0 Å². The number of carbonyl (C=O) groups excluding carboxylic acids is 1. The zero-order valence-electron chi connectivity index (χ0n) is 11.4. The summed E-state index contributed by atoms with van der Waals surface area (Å²) in [5, 5.41) is 0. The van der Waals surface area contributed by atoms with Gasteiger partial charge < -0.3 is 14.4 Å². The van der Waals surface area contributed by atoms with Gasteiger partial charge in [0.25, 0.3) is 5.91 Å². The molecule has 0 aliphatic carbocycles. The average Bonchev–Trinajstić information content (AvgIpc) is 2.81. The van der Waals surface area contributed by atoms with E-state index in [1.165, 1.54) is 0 Å². The van der Waals surface area contributed by atoms with E-state index in [0.717, 1.165) is 11.3 Å². The molecule has 1 amide bonds. The van der Waals surface area contributed by atoms with E-state index in [1.807, 2.05) is 43.0 Å². The number of ether oxygens (including phenoxy) is 2. The summed E-state index contributed by atoms with van der Waals surface area (Å²) in [6.45, 7) is 5.90. The number of fused-ring (bicyclic) bond motifs is 1. The second-order valence-electron chi connectivity index (χ2n) is 5.77. The molecule has 19 heavy (non-hydrogen) atoms. The maximum absolute atomic E-state index is 12.6. The molecule has 2 heterocycles. The lowest BCUT2D eigenvalue weighted by atomic mass is 10.0. The number of nitrogens with zero attached hydrogens (tertiary/aromatic N) is 1. The van der Waals surface area contributed by atoms with E-state index >= 15 is 0 Å². The van der Waals surface area contributed by atoms with E-state index in [0.29, 0.717) is 26.2 Å². The summed E-state index contributed by atoms with van der Waals surface area (Å²) < 4.78 is 11.2. The van der Waals surface area contributed by atoms with Crippen LogP contribution in [0.25, 0.3) is 0 Å². The van der Waals surface area contributed by atoms with Gasteiger partial charge in [0.1, 0.15) is 5.75 Å². The molecule has 1 aromatic carbocycles. The molecule has 2 aliphatic rings. The monoisotopic (exact) mass is 261 g/mol. The van der Waals surface area contributed by atoms with Crippen molar-refractivity contribution in [2.45, 2.75) is 31.9 Å². The van der Waals surface area contributed by atoms with Crippen LogP contribution in [0.5, 0.6) is 5.75 Å². The highest BCUT2D eigenvalue weighted by Crippen LogP contribution is 2.30. The van der Waals surface area contributed by atoms with Gasteiger partial charge in [-0.25, -0.2) is 0 Å². The van der Waals surface area contributed by atoms with E-state index in [9.17, 15) is 4.79 Å². The van der Waals surface area contributed by atoms with Gasteiger partial charge in [0.15, 0.2) is 6.10 Å². The van der Waals surface area contributed by atoms with Crippen LogP contribution in [0, 0.1) is 0 Å². The summed E-state index contributed by atoms with van der Waals surface area (Å²) in [5.74, 6) is 0.913. The van der Waals surface area contributed by atoms with Gasteiger partial charge in [0.05, 0.1) is 18.8 Å². The molecule has 0 aromatic heterocycles. The van der Waals surface area contributed by atoms with Crippen molar-refractivity contribution in [1.82, 2.24) is 4.90 Å². The maximum Gasteiger partial charge on any atom is 0.264 e. The Morgan fingerprint density at radius 2 is 2.16 bits per heavy atom. The van der Waals surface area contributed by atoms with Gasteiger partial charge in [-0.15, -0.1) is 0 Å². The zero-order chi connectivity index (χ0) is 13.5. The SMILES string of the molecule is CC1(C)COCCN1C(=O)C1Cc2ccccc2O1. The molecule has 4 heteroatoms. The van der Waals surface area contributed by atoms with E-state index in [1.54, 1.807) is 0 Å². The molecule has 3 rings (SSSR count). The Hall–Kier alpha value is -1.55. The highest BCUT2D eigenvalue weighted by atomic mass is 16.5. The molecule has 0 bridgehead atoms. The van der Waals surface area contributed by atoms with Crippen molar-refractivity contribution in [3.05, 3.63) is 29.8 Å². The molecule has 0 N–H and O–H groups in total. The van der Waals surface area contributed by atoms with E-state index in [2.05, 4.69) is 0 Å². The summed E-state index contributed by atoms with van der Waals surface area (Å²) >= 11 is 0. The van der Waals surface area contributed by atoms with E-state index < -0.39 is 0 Å². The Labute approximate surface area is 113 Å². The van der Waals surface area contributed by atoms with Crippen LogP contribution in [0.4, 0.5) is 0 Å². The van der Waals surface area contributed by atoms with Gasteiger partial charge in [-0.1, -0.05) is 18.2 Å². The average molecular weight is 261 g/mol. The first-order valence-electron chi connectivity index (χ1n) is 6.72. The lowest BCUT2D eigenvalue weighted by Gasteiger charge is -2.42. The van der Waals surface area contributed by atoms with Gasteiger partial charge >= 0.3 is 0 Å². The molecule has 0 radical (unpaired) electrons. The van der Waals surface area contributed by atoms with Crippen molar-refractivity contribution in [2.24, 2.45) is 0 Å². The second kappa shape index (κ2) is 4.53. The van der Waals surface area contributed by atoms with Crippen molar-refractivity contribution in [3.8, 4) is 5.75 Å². The van der Waals surface area contributed by atoms with Gasteiger partial charge in [-0.05, 0) is 25.5 Å². The Morgan fingerprint density at radius 3 is 2.89 bits per heavy atom. The van der Waals surface area contributed by atoms with Crippen LogP contribution in [0.2, 0.25) is 0 Å².